The zero-order valence-electron chi connectivity index (χ0n) is 16.6. The van der Waals surface area contributed by atoms with Crippen molar-refractivity contribution in [2.75, 3.05) is 13.7 Å². The number of aryl methyl sites for hydroxylation is 1. The molecule has 0 N–H and O–H groups in total. The fourth-order valence-electron chi connectivity index (χ4n) is 3.71. The van der Waals surface area contributed by atoms with Crippen LogP contribution in [0.25, 0.3) is 0 Å². The van der Waals surface area contributed by atoms with Crippen molar-refractivity contribution in [3.63, 3.8) is 0 Å². The second-order valence-electron chi connectivity index (χ2n) is 7.15. The van der Waals surface area contributed by atoms with Gasteiger partial charge in [-0.2, -0.15) is 0 Å². The average molecular weight is 424 g/mol. The molecule has 1 aliphatic rings. The first kappa shape index (κ1) is 20.4. The first-order valence-corrected chi connectivity index (χ1v) is 10.7. The highest BCUT2D eigenvalue weighted by Gasteiger charge is 2.23. The van der Waals surface area contributed by atoms with Gasteiger partial charge in [0.05, 0.1) is 19.3 Å². The number of aromatic nitrogens is 1. The third kappa shape index (κ3) is 4.65. The molecule has 0 radical (unpaired) electrons. The third-order valence-corrected chi connectivity index (χ3v) is 6.27. The Balaban J connectivity index is 1.48. The van der Waals surface area contributed by atoms with Gasteiger partial charge in [-0.25, -0.2) is 9.18 Å². The number of methoxy groups -OCH3 is 1. The summed E-state index contributed by atoms with van der Waals surface area (Å²) in [6, 6.07) is 14.4. The van der Waals surface area contributed by atoms with Gasteiger partial charge in [0.15, 0.2) is 0 Å². The molecule has 154 valence electrons. The SMILES string of the molecule is COC(=O)c1ccncc1CCC1CCOc2cc(Sc3ccc(F)cc3)ccc21. The molecule has 0 aliphatic carbocycles. The average Bonchev–Trinajstić information content (AvgIpc) is 2.78. The van der Waals surface area contributed by atoms with Crippen LogP contribution >= 0.6 is 11.8 Å². The summed E-state index contributed by atoms with van der Waals surface area (Å²) in [5.74, 6) is 0.684. The van der Waals surface area contributed by atoms with Crippen LogP contribution < -0.4 is 4.74 Å². The van der Waals surface area contributed by atoms with Crippen LogP contribution in [0, 0.1) is 5.82 Å². The number of halogens is 1. The molecule has 0 amide bonds. The van der Waals surface area contributed by atoms with Crippen LogP contribution in [-0.4, -0.2) is 24.7 Å². The number of fused-ring (bicyclic) bond motifs is 1. The van der Waals surface area contributed by atoms with E-state index in [0.29, 0.717) is 18.1 Å². The number of benzene rings is 2. The van der Waals surface area contributed by atoms with E-state index in [1.165, 1.54) is 24.8 Å². The van der Waals surface area contributed by atoms with E-state index in [9.17, 15) is 9.18 Å². The number of rotatable bonds is 6. The van der Waals surface area contributed by atoms with Crippen LogP contribution in [0.2, 0.25) is 0 Å². The van der Waals surface area contributed by atoms with Crippen molar-refractivity contribution in [2.24, 2.45) is 0 Å². The number of pyridine rings is 1. The van der Waals surface area contributed by atoms with Crippen LogP contribution in [0.4, 0.5) is 4.39 Å². The molecule has 1 aliphatic heterocycles. The zero-order valence-corrected chi connectivity index (χ0v) is 17.5. The summed E-state index contributed by atoms with van der Waals surface area (Å²) in [6.07, 6.45) is 5.94. The first-order chi connectivity index (χ1) is 14.6. The highest BCUT2D eigenvalue weighted by molar-refractivity contribution is 7.99. The number of nitrogens with zero attached hydrogens (tertiary/aromatic N) is 1. The second kappa shape index (κ2) is 9.30. The van der Waals surface area contributed by atoms with Gasteiger partial charge in [0.1, 0.15) is 11.6 Å². The molecule has 0 saturated heterocycles. The monoisotopic (exact) mass is 423 g/mol. The summed E-state index contributed by atoms with van der Waals surface area (Å²) in [7, 11) is 1.39. The molecule has 30 heavy (non-hydrogen) atoms. The van der Waals surface area contributed by atoms with E-state index >= 15 is 0 Å². The second-order valence-corrected chi connectivity index (χ2v) is 8.30. The Kier molecular flexibility index (Phi) is 6.33. The Labute approximate surface area is 179 Å². The van der Waals surface area contributed by atoms with E-state index in [1.54, 1.807) is 42.4 Å². The molecule has 4 rings (SSSR count). The van der Waals surface area contributed by atoms with Crippen molar-refractivity contribution in [1.29, 1.82) is 0 Å². The van der Waals surface area contributed by atoms with E-state index in [-0.39, 0.29) is 11.8 Å². The summed E-state index contributed by atoms with van der Waals surface area (Å²) in [5, 5.41) is 0. The van der Waals surface area contributed by atoms with Crippen LogP contribution in [0.1, 0.15) is 40.2 Å². The number of carbonyl (C=O) groups is 1. The van der Waals surface area contributed by atoms with Crippen LogP contribution in [0.5, 0.6) is 5.75 Å². The molecular formula is C24H22FNO3S. The Bertz CT molecular complexity index is 1040. The van der Waals surface area contributed by atoms with Gasteiger partial charge in [-0.1, -0.05) is 17.8 Å². The fraction of sp³-hybridized carbons (Fsp3) is 0.250. The molecular weight excluding hydrogens is 401 g/mol. The summed E-state index contributed by atoms with van der Waals surface area (Å²) in [6.45, 7) is 0.666. The first-order valence-electron chi connectivity index (χ1n) is 9.85. The number of ether oxygens (including phenoxy) is 2. The standard InChI is InChI=1S/C24H22FNO3S/c1-28-24(27)22-10-12-26-15-17(22)3-2-16-11-13-29-23-14-20(8-9-21(16)23)30-19-6-4-18(25)5-7-19/h4-10,12,14-16H,2-3,11,13H2,1H3. The van der Waals surface area contributed by atoms with Gasteiger partial charge in [0.2, 0.25) is 0 Å². The van der Waals surface area contributed by atoms with Gasteiger partial charge in [-0.3, -0.25) is 4.98 Å². The predicted molar refractivity (Wildman–Crippen MR) is 114 cm³/mol. The molecule has 1 aromatic heterocycles. The van der Waals surface area contributed by atoms with Gasteiger partial charge in [0, 0.05) is 22.2 Å². The van der Waals surface area contributed by atoms with Crippen LogP contribution in [0.3, 0.4) is 0 Å². The van der Waals surface area contributed by atoms with E-state index in [1.807, 2.05) is 0 Å². The Morgan fingerprint density at radius 2 is 2.00 bits per heavy atom. The Morgan fingerprint density at radius 3 is 2.80 bits per heavy atom. The molecule has 4 nitrogen and oxygen atoms in total. The quantitative estimate of drug-likeness (QED) is 0.479. The topological polar surface area (TPSA) is 48.4 Å². The maximum Gasteiger partial charge on any atom is 0.338 e. The smallest absolute Gasteiger partial charge is 0.338 e. The molecule has 0 spiro atoms. The fourth-order valence-corrected chi connectivity index (χ4v) is 4.56. The van der Waals surface area contributed by atoms with E-state index in [4.69, 9.17) is 9.47 Å². The number of carbonyl (C=O) groups excluding carboxylic acids is 1. The maximum atomic E-state index is 13.1. The molecule has 1 atom stereocenters. The largest absolute Gasteiger partial charge is 0.493 e. The summed E-state index contributed by atoms with van der Waals surface area (Å²) in [5.41, 5.74) is 2.67. The minimum atomic E-state index is -0.331. The summed E-state index contributed by atoms with van der Waals surface area (Å²) < 4.78 is 23.9. The van der Waals surface area contributed by atoms with Crippen molar-refractivity contribution >= 4 is 17.7 Å². The van der Waals surface area contributed by atoms with Crippen molar-refractivity contribution in [1.82, 2.24) is 4.98 Å². The normalized spacial score (nSPS) is 15.2. The van der Waals surface area contributed by atoms with Crippen molar-refractivity contribution in [3.8, 4) is 5.75 Å². The Morgan fingerprint density at radius 1 is 1.20 bits per heavy atom. The molecule has 0 bridgehead atoms. The lowest BCUT2D eigenvalue weighted by Crippen LogP contribution is -2.15. The molecule has 3 aromatic rings. The van der Waals surface area contributed by atoms with Gasteiger partial charge < -0.3 is 9.47 Å². The highest BCUT2D eigenvalue weighted by Crippen LogP contribution is 2.40. The summed E-state index contributed by atoms with van der Waals surface area (Å²) >= 11 is 1.58. The third-order valence-electron chi connectivity index (χ3n) is 5.27. The number of hydrogen-bond acceptors (Lipinski definition) is 5. The molecule has 2 heterocycles. The van der Waals surface area contributed by atoms with E-state index in [2.05, 4.69) is 23.2 Å². The van der Waals surface area contributed by atoms with Crippen molar-refractivity contribution < 1.29 is 18.7 Å². The van der Waals surface area contributed by atoms with E-state index < -0.39 is 0 Å². The lowest BCUT2D eigenvalue weighted by molar-refractivity contribution is 0.0599. The van der Waals surface area contributed by atoms with Crippen molar-refractivity contribution in [2.45, 2.75) is 35.0 Å². The molecule has 6 heteroatoms. The molecule has 2 aromatic carbocycles. The molecule has 1 unspecified atom stereocenters. The minimum absolute atomic E-state index is 0.236. The number of hydrogen-bond donors (Lipinski definition) is 0. The Hall–Kier alpha value is -2.86. The van der Waals surface area contributed by atoms with Crippen LogP contribution in [0.15, 0.2) is 70.7 Å². The van der Waals surface area contributed by atoms with Gasteiger partial charge >= 0.3 is 5.97 Å². The van der Waals surface area contributed by atoms with Gasteiger partial charge in [-0.15, -0.1) is 0 Å². The maximum absolute atomic E-state index is 13.1. The lowest BCUT2D eigenvalue weighted by atomic mass is 9.87. The molecule has 0 saturated carbocycles. The lowest BCUT2D eigenvalue weighted by Gasteiger charge is -2.26. The van der Waals surface area contributed by atoms with Crippen LogP contribution in [-0.2, 0) is 11.2 Å². The highest BCUT2D eigenvalue weighted by atomic mass is 32.2. The number of esters is 1. The minimum Gasteiger partial charge on any atom is -0.493 e. The van der Waals surface area contributed by atoms with E-state index in [0.717, 1.165) is 40.4 Å². The van der Waals surface area contributed by atoms with Crippen molar-refractivity contribution in [3.05, 3.63) is 83.4 Å². The zero-order chi connectivity index (χ0) is 20.9. The summed E-state index contributed by atoms with van der Waals surface area (Å²) in [4.78, 5) is 18.2. The van der Waals surface area contributed by atoms with Gasteiger partial charge in [0.25, 0.3) is 0 Å². The van der Waals surface area contributed by atoms with Gasteiger partial charge in [-0.05, 0) is 78.8 Å². The molecule has 0 fully saturated rings. The predicted octanol–water partition coefficient (Wildman–Crippen LogP) is 5.66.